The largest absolute Gasteiger partial charge is 0.508 e. The summed E-state index contributed by atoms with van der Waals surface area (Å²) in [5.41, 5.74) is 2.92. The Morgan fingerprint density at radius 3 is 1.97 bits per heavy atom. The second-order valence-corrected chi connectivity index (χ2v) is 34.8. The number of anilines is 1. The number of rotatable bonds is 22. The van der Waals surface area contributed by atoms with Gasteiger partial charge in [0.25, 0.3) is 0 Å². The van der Waals surface area contributed by atoms with Gasteiger partial charge >= 0.3 is 5.97 Å². The third-order valence-corrected chi connectivity index (χ3v) is 24.9. The number of primary amides is 1. The van der Waals surface area contributed by atoms with Gasteiger partial charge in [-0.3, -0.25) is 48.1 Å². The zero-order valence-electron chi connectivity index (χ0n) is 70.9. The molecule has 1 aliphatic carbocycles. The fraction of sp³-hybridized carbons (Fsp3) is 0.407. The molecule has 130 heavy (non-hydrogen) atoms. The number of amides is 9. The van der Waals surface area contributed by atoms with E-state index in [0.29, 0.717) is 17.9 Å². The number of phenolic OH excluding ortho intramolecular Hbond substituents is 3. The number of nitrogens with one attached hydrogen (secondary N) is 8. The molecule has 0 aromatic heterocycles. The van der Waals surface area contributed by atoms with Gasteiger partial charge in [-0.25, -0.2) is 4.79 Å². The number of aliphatic hydroxyl groups excluding tert-OH is 6. The number of carbonyl (C=O) groups is 10. The predicted molar refractivity (Wildman–Crippen MR) is 462 cm³/mol. The summed E-state index contributed by atoms with van der Waals surface area (Å²) in [6, 6.07) is 15.5. The summed E-state index contributed by atoms with van der Waals surface area (Å²) < 4.78 is 45.7. The van der Waals surface area contributed by atoms with E-state index in [0.717, 1.165) is 78.7 Å². The topological polar surface area (TPSA) is 563 Å². The van der Waals surface area contributed by atoms with Gasteiger partial charge in [-0.15, -0.1) is 0 Å². The monoisotopic (exact) mass is 1830 g/mol. The molecule has 690 valence electrons. The molecule has 16 rings (SSSR count). The maximum absolute atomic E-state index is 16.3. The molecule has 4 fully saturated rings. The molecule has 22 atom stereocenters. The van der Waals surface area contributed by atoms with Crippen LogP contribution in [0.25, 0.3) is 17.2 Å². The van der Waals surface area contributed by atoms with Crippen molar-refractivity contribution in [3.05, 3.63) is 183 Å². The number of allylic oxidation sites excluding steroid dienone is 1. The van der Waals surface area contributed by atoms with E-state index < -0.39 is 249 Å². The molecule has 7 aromatic carbocycles. The van der Waals surface area contributed by atoms with Gasteiger partial charge in [0, 0.05) is 41.4 Å². The molecule has 1 saturated carbocycles. The number of fused-ring (bicyclic) bond motifs is 16. The molecule has 7 aromatic rings. The van der Waals surface area contributed by atoms with Crippen LogP contribution in [0, 0.1) is 29.6 Å². The van der Waals surface area contributed by atoms with Gasteiger partial charge in [0.1, 0.15) is 101 Å². The maximum Gasteiger partial charge on any atom is 0.330 e. The van der Waals surface area contributed by atoms with Crippen molar-refractivity contribution in [1.82, 2.24) is 42.1 Å². The Hall–Kier alpha value is -12.2. The number of imide groups is 1. The van der Waals surface area contributed by atoms with Crippen LogP contribution in [0.4, 0.5) is 5.69 Å². The predicted octanol–water partition coefficient (Wildman–Crippen LogP) is 5.00. The molecule has 9 aliphatic rings. The molecule has 3 saturated heterocycles. The highest BCUT2D eigenvalue weighted by atomic mass is 35.5. The first kappa shape index (κ1) is 93.9. The van der Waals surface area contributed by atoms with Crippen LogP contribution >= 0.6 is 23.2 Å². The number of phenols is 3. The van der Waals surface area contributed by atoms with Crippen LogP contribution in [0.15, 0.2) is 140 Å². The third-order valence-electron chi connectivity index (χ3n) is 24.4. The fourth-order valence-corrected chi connectivity index (χ4v) is 18.2. The van der Waals surface area contributed by atoms with E-state index in [1.807, 2.05) is 63.3 Å². The van der Waals surface area contributed by atoms with Crippen LogP contribution in [0.2, 0.25) is 10.0 Å². The van der Waals surface area contributed by atoms with Gasteiger partial charge in [0.2, 0.25) is 65.2 Å². The first-order chi connectivity index (χ1) is 61.9. The number of aliphatic hydroxyl groups is 6. The molecule has 39 heteroatoms. The van der Waals surface area contributed by atoms with Crippen LogP contribution in [0.3, 0.4) is 0 Å². The molecular weight excluding hydrogens is 1740 g/mol. The number of carboxylic acid groups (broad SMARTS) is 1. The van der Waals surface area contributed by atoms with E-state index in [2.05, 4.69) is 42.5 Å². The molecule has 9 unspecified atom stereocenters. The lowest BCUT2D eigenvalue weighted by atomic mass is 9.84. The highest BCUT2D eigenvalue weighted by Gasteiger charge is 2.57. The molecule has 9 amide bonds. The lowest BCUT2D eigenvalue weighted by Crippen LogP contribution is -2.64. The molecule has 11 bridgehead atoms. The Morgan fingerprint density at radius 2 is 1.33 bits per heavy atom. The van der Waals surface area contributed by atoms with E-state index in [4.69, 9.17) is 62.1 Å². The Balaban J connectivity index is 0.841. The highest BCUT2D eigenvalue weighted by molar-refractivity contribution is 6.32. The van der Waals surface area contributed by atoms with Crippen molar-refractivity contribution in [3.8, 4) is 62.9 Å². The number of carboxylic acids is 1. The molecular formula is C91H100Cl2N10O27. The van der Waals surface area contributed by atoms with Crippen LogP contribution in [0.1, 0.15) is 130 Å². The summed E-state index contributed by atoms with van der Waals surface area (Å²) in [4.78, 5) is 147. The van der Waals surface area contributed by atoms with Crippen molar-refractivity contribution in [2.75, 3.05) is 32.1 Å². The maximum atomic E-state index is 16.3. The van der Waals surface area contributed by atoms with Gasteiger partial charge in [0.15, 0.2) is 29.9 Å². The molecule has 8 heterocycles. The number of likely N-dealkylation sites (tertiary alicyclic amines) is 1. The van der Waals surface area contributed by atoms with Crippen molar-refractivity contribution >= 4 is 94.1 Å². The summed E-state index contributed by atoms with van der Waals surface area (Å²) in [5.74, 6) is -17.2. The normalized spacial score (nSPS) is 28.9. The standard InChI is InChI=1S/C91H100Cl2N10O27/c1-39(2)27-55(95-6)81(114)100-72-74(109)45-16-23-59(53(92)30-45)126-61-32-47-33-62(127-60-24-17-46(31-54(60)93)75(110)73-86(119)99-71(89(122)123)52-34-49(105)35-58(107)68(52)51-29-44(15-22-57(51)106)69(83(116)101-73)98-84(117)70(47)97-82(115)56(36-64(94)108)96-85(72)118)78(61)130-90-79(77(112)76(111)63(38-104)128-90)129-65-37-91(5,80(113)41(4)125-65)102-48-18-20-50(21-19-48)124-26-10-25-103-87(120)66-40(3)28-43(67(66)88(103)121)14-13-42-11-8-7-9-12-42/h7-9,11-24,29-35,39-41,43,55-56,63,65-67,69-77,79-80,90,95,102,104-107,109-113H,10,25-28,36-38H2,1-6H3,(H2,94,108)(H,96,118)(H,97,115)(H,98,117)(H,99,119)(H,100,114)(H,101,116)(H,122,123)/b14-13+/t40?,41?,43?,55-,56-,63?,65-,66?,67?,69+,70+,71-,72?,73-,74+,75+,76-,77-,79?,80+,90+,91?/m0/s1. The molecule has 0 radical (unpaired) electrons. The first-order valence-electron chi connectivity index (χ1n) is 42.2. The molecule has 37 nitrogen and oxygen atoms in total. The highest BCUT2D eigenvalue weighted by Crippen LogP contribution is 2.52. The number of aromatic hydroxyl groups is 3. The van der Waals surface area contributed by atoms with E-state index in [9.17, 15) is 75.0 Å². The number of likely N-dealkylation sites (N-methyl/N-ethyl adjacent to an activating group) is 1. The van der Waals surface area contributed by atoms with Crippen LogP contribution in [-0.4, -0.2) is 221 Å². The Kier molecular flexibility index (Phi) is 28.3. The quantitative estimate of drug-likeness (QED) is 0.0313. The smallest absolute Gasteiger partial charge is 0.330 e. The Bertz CT molecular complexity index is 5540. The molecule has 0 spiro atoms. The minimum Gasteiger partial charge on any atom is -0.508 e. The van der Waals surface area contributed by atoms with Crippen molar-refractivity contribution in [2.45, 2.75) is 176 Å². The Labute approximate surface area is 753 Å². The van der Waals surface area contributed by atoms with E-state index in [1.54, 1.807) is 31.2 Å². The van der Waals surface area contributed by atoms with E-state index in [1.165, 1.54) is 31.0 Å². The average Bonchev–Trinajstić information content (AvgIpc) is 1.48. The van der Waals surface area contributed by atoms with Gasteiger partial charge in [-0.05, 0) is 165 Å². The average molecular weight is 1840 g/mol. The minimum absolute atomic E-state index is 0.0130. The second-order valence-electron chi connectivity index (χ2n) is 34.0. The number of benzene rings is 7. The van der Waals surface area contributed by atoms with Crippen LogP contribution in [-0.2, 0) is 62.2 Å². The fourth-order valence-electron chi connectivity index (χ4n) is 17.7. The van der Waals surface area contributed by atoms with Crippen molar-refractivity contribution in [2.24, 2.45) is 35.3 Å². The minimum atomic E-state index is -2.39. The zero-order chi connectivity index (χ0) is 93.3. The van der Waals surface area contributed by atoms with Crippen molar-refractivity contribution in [1.29, 1.82) is 0 Å². The number of halogens is 2. The van der Waals surface area contributed by atoms with Crippen molar-refractivity contribution < 1.29 is 132 Å². The number of ether oxygens (including phenoxy) is 7. The number of hydrogen-bond acceptors (Lipinski definition) is 28. The van der Waals surface area contributed by atoms with Gasteiger partial charge < -0.3 is 132 Å². The second kappa shape index (κ2) is 39.2. The van der Waals surface area contributed by atoms with Gasteiger partial charge in [-0.1, -0.05) is 105 Å². The van der Waals surface area contributed by atoms with Gasteiger partial charge in [-0.2, -0.15) is 0 Å². The summed E-state index contributed by atoms with van der Waals surface area (Å²) in [6.45, 7) is 8.12. The number of hydrogen-bond donors (Lipinski definition) is 19. The number of aliphatic carboxylic acids is 1. The number of nitrogens with two attached hydrogens (primary N) is 1. The zero-order valence-corrected chi connectivity index (χ0v) is 72.4. The van der Waals surface area contributed by atoms with Crippen LogP contribution in [0.5, 0.6) is 51.7 Å². The summed E-state index contributed by atoms with van der Waals surface area (Å²) in [7, 11) is 1.47. The summed E-state index contributed by atoms with van der Waals surface area (Å²) in [5, 5.41) is 137. The molecule has 8 aliphatic heterocycles. The lowest BCUT2D eigenvalue weighted by Gasteiger charge is -2.48. The molecule has 20 N–H and O–H groups in total. The number of nitrogens with zero attached hydrogens (tertiary/aromatic N) is 1. The SMILES string of the molecule is CN[C@@H](CC(C)C)C(=O)NC1C(=O)N[C@@H](CC(N)=O)C(=O)N[C@H]2C(=O)N[C@H]3C(=O)N[C@H](C(=O)N[C@H](C(=O)O)c4cc(O)cc(O)c4-c4cc3ccc4O)[C@H](O)c3ccc(c(Cl)c3)Oc3cc2cc(c3O[C@H]2OC(CO)[C@H](O)[C@H](O)C2O[C@H]2CC(C)(Nc3ccc(OCCCN4C(=O)C5C(C)CC(/C=C/c6ccccc6)C5C4=O)cc3)[C@H](O)C(C)O2)Oc2ccc(cc2Cl)[C@H]1O. The van der Waals surface area contributed by atoms with E-state index >= 15 is 24.0 Å². The van der Waals surface area contributed by atoms with Crippen molar-refractivity contribution in [3.63, 3.8) is 0 Å². The van der Waals surface area contributed by atoms with E-state index in [-0.39, 0.29) is 83.0 Å². The first-order valence-corrected chi connectivity index (χ1v) is 42.9. The van der Waals surface area contributed by atoms with Gasteiger partial charge in [0.05, 0.1) is 59.2 Å². The summed E-state index contributed by atoms with van der Waals surface area (Å²) in [6.07, 6.45) is -14.2. The van der Waals surface area contributed by atoms with Crippen LogP contribution < -0.4 is 67.2 Å². The Morgan fingerprint density at radius 1 is 0.692 bits per heavy atom. The third kappa shape index (κ3) is 19.9. The number of carbonyl (C=O) groups excluding carboxylic acids is 9. The summed E-state index contributed by atoms with van der Waals surface area (Å²) >= 11 is 14.4. The lowest BCUT2D eigenvalue weighted by molar-refractivity contribution is -0.332.